The van der Waals surface area contributed by atoms with Crippen LogP contribution in [0.5, 0.6) is 11.5 Å². The van der Waals surface area contributed by atoms with E-state index < -0.39 is 17.7 Å². The first-order valence-electron chi connectivity index (χ1n) is 10.3. The zero-order chi connectivity index (χ0) is 22.1. The molecule has 3 heterocycles. The summed E-state index contributed by atoms with van der Waals surface area (Å²) in [5, 5.41) is 11.2. The number of ether oxygens (including phenoxy) is 2. The molecule has 0 unspecified atom stereocenters. The number of Topliss-reactive ketones (excluding diaryl/α,β-unsaturated/α-hetero) is 1. The minimum absolute atomic E-state index is 0.0433. The van der Waals surface area contributed by atoms with Crippen LogP contribution in [0.15, 0.2) is 78.6 Å². The van der Waals surface area contributed by atoms with E-state index >= 15 is 0 Å². The summed E-state index contributed by atoms with van der Waals surface area (Å²) < 4.78 is 11.1. The predicted octanol–water partition coefficient (Wildman–Crippen LogP) is 3.47. The standard InChI is InChI=1S/C25H20N2O5/c28-23(18-8-9-19-20(13-18)32-12-11-31-19)21-22(17-6-2-1-3-7-17)27(25(30)24(21)29)15-16-5-4-10-26-14-16/h1-10,13-14,22,28H,11-12,15H2/b23-21+/t22-/m1/s1. The topological polar surface area (TPSA) is 89.0 Å². The number of aromatic nitrogens is 1. The lowest BCUT2D eigenvalue weighted by molar-refractivity contribution is -0.140. The van der Waals surface area contributed by atoms with Gasteiger partial charge in [-0.25, -0.2) is 0 Å². The van der Waals surface area contributed by atoms with Crippen LogP contribution in [0.3, 0.4) is 0 Å². The number of aliphatic hydroxyl groups excluding tert-OH is 1. The van der Waals surface area contributed by atoms with Gasteiger partial charge in [-0.1, -0.05) is 36.4 Å². The Kier molecular flexibility index (Phi) is 5.07. The van der Waals surface area contributed by atoms with E-state index in [1.54, 1.807) is 36.7 Å². The highest BCUT2D eigenvalue weighted by Gasteiger charge is 2.46. The Morgan fingerprint density at radius 2 is 1.78 bits per heavy atom. The van der Waals surface area contributed by atoms with Crippen molar-refractivity contribution in [1.82, 2.24) is 9.88 Å². The number of ketones is 1. The molecule has 1 atom stereocenters. The highest BCUT2D eigenvalue weighted by molar-refractivity contribution is 6.46. The van der Waals surface area contributed by atoms with Crippen LogP contribution in [0.25, 0.3) is 5.76 Å². The van der Waals surface area contributed by atoms with Gasteiger partial charge in [0.05, 0.1) is 11.6 Å². The van der Waals surface area contributed by atoms with Crippen LogP contribution in [0.2, 0.25) is 0 Å². The number of likely N-dealkylation sites (tertiary alicyclic amines) is 1. The summed E-state index contributed by atoms with van der Waals surface area (Å²) >= 11 is 0. The van der Waals surface area contributed by atoms with Crippen LogP contribution < -0.4 is 9.47 Å². The van der Waals surface area contributed by atoms with Gasteiger partial charge in [-0.05, 0) is 35.4 Å². The third-order valence-electron chi connectivity index (χ3n) is 5.55. The first kappa shape index (κ1) is 19.8. The van der Waals surface area contributed by atoms with Crippen LogP contribution in [-0.2, 0) is 16.1 Å². The van der Waals surface area contributed by atoms with E-state index in [2.05, 4.69) is 4.98 Å². The Hall–Kier alpha value is -4.13. The molecule has 2 aliphatic rings. The minimum atomic E-state index is -0.732. The first-order valence-corrected chi connectivity index (χ1v) is 10.3. The summed E-state index contributed by atoms with van der Waals surface area (Å²) in [4.78, 5) is 31.7. The number of hydrogen-bond acceptors (Lipinski definition) is 6. The molecule has 1 saturated heterocycles. The first-order chi connectivity index (χ1) is 15.6. The fourth-order valence-electron chi connectivity index (χ4n) is 4.06. The second kappa shape index (κ2) is 8.19. The largest absolute Gasteiger partial charge is 0.507 e. The zero-order valence-electron chi connectivity index (χ0n) is 17.1. The Morgan fingerprint density at radius 3 is 2.53 bits per heavy atom. The summed E-state index contributed by atoms with van der Waals surface area (Å²) in [5.74, 6) is -0.578. The van der Waals surface area contributed by atoms with Crippen molar-refractivity contribution in [2.24, 2.45) is 0 Å². The van der Waals surface area contributed by atoms with Crippen LogP contribution in [0, 0.1) is 0 Å². The third kappa shape index (κ3) is 3.47. The molecule has 0 radical (unpaired) electrons. The van der Waals surface area contributed by atoms with E-state index in [1.165, 1.54) is 4.90 Å². The molecule has 1 fully saturated rings. The number of benzene rings is 2. The SMILES string of the molecule is O=C1C(=O)N(Cc2cccnc2)[C@H](c2ccccc2)/C1=C(\O)c1ccc2c(c1)OCCO2. The molecule has 5 rings (SSSR count). The van der Waals surface area contributed by atoms with Crippen LogP contribution in [0.1, 0.15) is 22.7 Å². The zero-order valence-corrected chi connectivity index (χ0v) is 17.1. The van der Waals surface area contributed by atoms with Crippen molar-refractivity contribution in [3.8, 4) is 11.5 Å². The molecule has 32 heavy (non-hydrogen) atoms. The lowest BCUT2D eigenvalue weighted by Gasteiger charge is -2.25. The molecule has 0 aliphatic carbocycles. The molecule has 1 aromatic heterocycles. The van der Waals surface area contributed by atoms with Crippen molar-refractivity contribution in [3.63, 3.8) is 0 Å². The molecular weight excluding hydrogens is 408 g/mol. The van der Waals surface area contributed by atoms with Crippen LogP contribution in [-0.4, -0.2) is 39.9 Å². The number of hydrogen-bond donors (Lipinski definition) is 1. The summed E-state index contributed by atoms with van der Waals surface area (Å²) in [5.41, 5.74) is 1.95. The van der Waals surface area contributed by atoms with Gasteiger partial charge in [-0.3, -0.25) is 14.6 Å². The molecule has 0 bridgehead atoms. The summed E-state index contributed by atoms with van der Waals surface area (Å²) in [6, 6.07) is 17.1. The number of aliphatic hydroxyl groups is 1. The molecule has 1 amide bonds. The number of pyridine rings is 1. The van der Waals surface area contributed by atoms with Crippen molar-refractivity contribution < 1.29 is 24.2 Å². The smallest absolute Gasteiger partial charge is 0.295 e. The fourth-order valence-corrected chi connectivity index (χ4v) is 4.06. The van der Waals surface area contributed by atoms with Crippen molar-refractivity contribution >= 4 is 17.4 Å². The highest BCUT2D eigenvalue weighted by atomic mass is 16.6. The van der Waals surface area contributed by atoms with Gasteiger partial charge in [0.25, 0.3) is 11.7 Å². The van der Waals surface area contributed by atoms with Gasteiger partial charge < -0.3 is 19.5 Å². The van der Waals surface area contributed by atoms with Crippen molar-refractivity contribution in [2.75, 3.05) is 13.2 Å². The van der Waals surface area contributed by atoms with Crippen LogP contribution in [0.4, 0.5) is 0 Å². The van der Waals surface area contributed by atoms with Crippen molar-refractivity contribution in [1.29, 1.82) is 0 Å². The second-order valence-corrected chi connectivity index (χ2v) is 7.56. The Labute approximate surface area is 184 Å². The number of carbonyl (C=O) groups excluding carboxylic acids is 2. The van der Waals surface area contributed by atoms with Gasteiger partial charge in [-0.2, -0.15) is 0 Å². The molecule has 7 nitrogen and oxygen atoms in total. The van der Waals surface area contributed by atoms with Gasteiger partial charge in [-0.15, -0.1) is 0 Å². The van der Waals surface area contributed by atoms with Gasteiger partial charge in [0, 0.05) is 24.5 Å². The van der Waals surface area contributed by atoms with E-state index in [0.29, 0.717) is 30.3 Å². The molecule has 1 N–H and O–H groups in total. The van der Waals surface area contributed by atoms with Gasteiger partial charge in [0.1, 0.15) is 19.0 Å². The second-order valence-electron chi connectivity index (χ2n) is 7.56. The molecule has 2 aromatic carbocycles. The Balaban J connectivity index is 1.62. The number of carbonyl (C=O) groups is 2. The average molecular weight is 428 g/mol. The monoisotopic (exact) mass is 428 g/mol. The third-order valence-corrected chi connectivity index (χ3v) is 5.55. The normalized spacial score (nSPS) is 19.2. The van der Waals surface area contributed by atoms with Crippen molar-refractivity contribution in [2.45, 2.75) is 12.6 Å². The molecule has 0 spiro atoms. The predicted molar refractivity (Wildman–Crippen MR) is 116 cm³/mol. The maximum Gasteiger partial charge on any atom is 0.295 e. The van der Waals surface area contributed by atoms with Gasteiger partial charge >= 0.3 is 0 Å². The maximum absolute atomic E-state index is 13.1. The molecule has 7 heteroatoms. The van der Waals surface area contributed by atoms with E-state index in [-0.39, 0.29) is 17.9 Å². The summed E-state index contributed by atoms with van der Waals surface area (Å²) in [6.07, 6.45) is 3.30. The minimum Gasteiger partial charge on any atom is -0.507 e. The quantitative estimate of drug-likeness (QED) is 0.389. The van der Waals surface area contributed by atoms with Gasteiger partial charge in [0.2, 0.25) is 0 Å². The molecule has 3 aromatic rings. The maximum atomic E-state index is 13.1. The lowest BCUT2D eigenvalue weighted by atomic mass is 9.95. The summed E-state index contributed by atoms with van der Waals surface area (Å²) in [6.45, 7) is 1.04. The van der Waals surface area contributed by atoms with E-state index in [1.807, 2.05) is 36.4 Å². The Morgan fingerprint density at radius 1 is 1.00 bits per heavy atom. The van der Waals surface area contributed by atoms with Gasteiger partial charge in [0.15, 0.2) is 11.5 Å². The number of rotatable bonds is 4. The number of nitrogens with zero attached hydrogens (tertiary/aromatic N) is 2. The molecular formula is C25H20N2O5. The molecule has 0 saturated carbocycles. The number of fused-ring (bicyclic) bond motifs is 1. The molecule has 160 valence electrons. The van der Waals surface area contributed by atoms with Crippen molar-refractivity contribution in [3.05, 3.63) is 95.3 Å². The van der Waals surface area contributed by atoms with E-state index in [9.17, 15) is 14.7 Å². The van der Waals surface area contributed by atoms with E-state index in [0.717, 1.165) is 11.1 Å². The lowest BCUT2D eigenvalue weighted by Crippen LogP contribution is -2.29. The summed E-state index contributed by atoms with van der Waals surface area (Å²) in [7, 11) is 0. The van der Waals surface area contributed by atoms with Crippen LogP contribution >= 0.6 is 0 Å². The highest BCUT2D eigenvalue weighted by Crippen LogP contribution is 2.41. The number of amides is 1. The molecule has 2 aliphatic heterocycles. The fraction of sp³-hybridized carbons (Fsp3) is 0.160. The Bertz CT molecular complexity index is 1210. The van der Waals surface area contributed by atoms with E-state index in [4.69, 9.17) is 9.47 Å². The average Bonchev–Trinajstić information content (AvgIpc) is 3.09.